The number of aromatic nitrogens is 2. The maximum atomic E-state index is 13.4. The molecule has 3 aromatic rings. The summed E-state index contributed by atoms with van der Waals surface area (Å²) in [4.78, 5) is 27.6. The topological polar surface area (TPSA) is 58.1 Å². The molecule has 0 spiro atoms. The van der Waals surface area contributed by atoms with Crippen LogP contribution in [0.5, 0.6) is 0 Å². The van der Waals surface area contributed by atoms with Gasteiger partial charge in [0.2, 0.25) is 0 Å². The van der Waals surface area contributed by atoms with Crippen LogP contribution < -0.4 is 5.32 Å². The van der Waals surface area contributed by atoms with Crippen LogP contribution in [-0.2, 0) is 0 Å². The summed E-state index contributed by atoms with van der Waals surface area (Å²) in [7, 11) is 1.96. The molecule has 1 amide bonds. The number of halogens is 1. The van der Waals surface area contributed by atoms with Crippen molar-refractivity contribution >= 4 is 50.4 Å². The number of carbonyl (C=O) groups is 1. The molecule has 3 fully saturated rings. The lowest BCUT2D eigenvalue weighted by Crippen LogP contribution is -2.54. The van der Waals surface area contributed by atoms with Gasteiger partial charge in [0.25, 0.3) is 5.91 Å². The van der Waals surface area contributed by atoms with E-state index in [4.69, 9.17) is 16.6 Å². The number of thiophene rings is 2. The molecule has 5 atom stereocenters. The van der Waals surface area contributed by atoms with Gasteiger partial charge in [0, 0.05) is 46.8 Å². The molecule has 32 heavy (non-hydrogen) atoms. The number of carbonyl (C=O) groups excluding carboxylic acids is 1. The molecular formula is C24H27ClN4OS2. The van der Waals surface area contributed by atoms with E-state index in [1.54, 1.807) is 22.7 Å². The normalized spacial score (nSPS) is 31.2. The fourth-order valence-corrected chi connectivity index (χ4v) is 8.29. The first-order valence-corrected chi connectivity index (χ1v) is 13.4. The molecule has 0 unspecified atom stereocenters. The van der Waals surface area contributed by atoms with Gasteiger partial charge >= 0.3 is 0 Å². The van der Waals surface area contributed by atoms with Crippen LogP contribution in [0.25, 0.3) is 10.2 Å². The maximum absolute atomic E-state index is 13.4. The van der Waals surface area contributed by atoms with E-state index < -0.39 is 0 Å². The minimum absolute atomic E-state index is 0.105. The number of nitrogens with one attached hydrogen (secondary N) is 1. The molecule has 0 aromatic carbocycles. The van der Waals surface area contributed by atoms with Crippen molar-refractivity contribution in [3.05, 3.63) is 43.8 Å². The van der Waals surface area contributed by atoms with Gasteiger partial charge in [0.05, 0.1) is 15.6 Å². The summed E-state index contributed by atoms with van der Waals surface area (Å²) in [5.41, 5.74) is 1.30. The van der Waals surface area contributed by atoms with Crippen LogP contribution in [0.4, 0.5) is 0 Å². The molecule has 168 valence electrons. The van der Waals surface area contributed by atoms with Gasteiger partial charge in [0.1, 0.15) is 10.7 Å². The van der Waals surface area contributed by atoms with Crippen LogP contribution in [0.15, 0.2) is 17.5 Å². The molecule has 1 saturated carbocycles. The van der Waals surface area contributed by atoms with E-state index in [0.717, 1.165) is 55.8 Å². The molecule has 1 aliphatic carbocycles. The molecule has 3 aliphatic rings. The Labute approximate surface area is 201 Å². The van der Waals surface area contributed by atoms with Crippen molar-refractivity contribution in [3.8, 4) is 0 Å². The molecular weight excluding hydrogens is 460 g/mol. The van der Waals surface area contributed by atoms with Gasteiger partial charge in [-0.3, -0.25) is 4.79 Å². The van der Waals surface area contributed by atoms with E-state index in [-0.39, 0.29) is 17.5 Å². The second kappa shape index (κ2) is 7.49. The summed E-state index contributed by atoms with van der Waals surface area (Å²) in [6.07, 6.45) is 5.50. The molecule has 8 heteroatoms. The van der Waals surface area contributed by atoms with Crippen molar-refractivity contribution in [1.29, 1.82) is 0 Å². The second-order valence-corrected chi connectivity index (χ2v) is 12.4. The number of hydrogen-bond acceptors (Lipinski definition) is 6. The molecule has 2 saturated heterocycles. The van der Waals surface area contributed by atoms with Gasteiger partial charge in [-0.05, 0) is 63.5 Å². The fourth-order valence-electron chi connectivity index (χ4n) is 5.83. The summed E-state index contributed by atoms with van der Waals surface area (Å²) in [6, 6.07) is 4.83. The Bertz CT molecular complexity index is 1220. The lowest BCUT2D eigenvalue weighted by molar-refractivity contribution is 0.0653. The molecule has 5 heterocycles. The highest BCUT2D eigenvalue weighted by molar-refractivity contribution is 7.16. The zero-order valence-corrected chi connectivity index (χ0v) is 20.9. The zero-order valence-electron chi connectivity index (χ0n) is 18.5. The van der Waals surface area contributed by atoms with E-state index in [1.807, 2.05) is 24.9 Å². The zero-order chi connectivity index (χ0) is 22.2. The first-order chi connectivity index (χ1) is 15.3. The number of rotatable bonds is 4. The number of fused-ring (bicyclic) bond motifs is 3. The highest BCUT2D eigenvalue weighted by atomic mass is 35.5. The Balaban J connectivity index is 1.22. The minimum Gasteiger partial charge on any atom is -0.338 e. The summed E-state index contributed by atoms with van der Waals surface area (Å²) in [6.45, 7) is 4.25. The predicted molar refractivity (Wildman–Crippen MR) is 131 cm³/mol. The van der Waals surface area contributed by atoms with Crippen LogP contribution in [-0.4, -0.2) is 45.4 Å². The van der Waals surface area contributed by atoms with Gasteiger partial charge in [0.15, 0.2) is 0 Å². The SMILES string of the molecule is Cc1nc([C@H]2C[C@@H]2c2sc(C(=O)N(C)[C@H]3C[C@H]4CC[C@@](C)(C3)N4)cc2Cl)c2ccsc2n1. The highest BCUT2D eigenvalue weighted by Crippen LogP contribution is 2.58. The van der Waals surface area contributed by atoms with E-state index in [1.165, 1.54) is 12.8 Å². The third-order valence-electron chi connectivity index (χ3n) is 7.58. The van der Waals surface area contributed by atoms with Gasteiger partial charge < -0.3 is 10.2 Å². The number of aryl methyl sites for hydroxylation is 1. The Kier molecular flexibility index (Phi) is 4.92. The molecule has 5 nitrogen and oxygen atoms in total. The summed E-state index contributed by atoms with van der Waals surface area (Å²) < 4.78 is 0. The number of nitrogens with zero attached hydrogens (tertiary/aromatic N) is 3. The Hall–Kier alpha value is -1.54. The minimum atomic E-state index is 0.105. The van der Waals surface area contributed by atoms with Gasteiger partial charge in [-0.15, -0.1) is 22.7 Å². The number of amides is 1. The lowest BCUT2D eigenvalue weighted by atomic mass is 9.88. The molecule has 1 N–H and O–H groups in total. The number of hydrogen-bond donors (Lipinski definition) is 1. The smallest absolute Gasteiger partial charge is 0.263 e. The fraction of sp³-hybridized carbons (Fsp3) is 0.542. The van der Waals surface area contributed by atoms with Crippen LogP contribution in [0.2, 0.25) is 5.02 Å². The molecule has 2 aliphatic heterocycles. The van der Waals surface area contributed by atoms with Crippen molar-refractivity contribution in [2.24, 2.45) is 0 Å². The molecule has 6 rings (SSSR count). The Morgan fingerprint density at radius 3 is 2.97 bits per heavy atom. The Morgan fingerprint density at radius 2 is 2.16 bits per heavy atom. The third-order valence-corrected chi connectivity index (χ3v) is 10.1. The van der Waals surface area contributed by atoms with Crippen LogP contribution in [0.1, 0.15) is 76.9 Å². The van der Waals surface area contributed by atoms with Crippen LogP contribution in [0.3, 0.4) is 0 Å². The average molecular weight is 487 g/mol. The first-order valence-electron chi connectivity index (χ1n) is 11.4. The highest BCUT2D eigenvalue weighted by Gasteiger charge is 2.46. The van der Waals surface area contributed by atoms with Crippen LogP contribution in [0, 0.1) is 6.92 Å². The standard InChI is InChI=1S/C24H27ClN4OS2/c1-12-26-20(15-5-7-31-22(15)27-12)16-9-17(16)21-18(25)10-19(32-21)23(30)29(3)14-8-13-4-6-24(2,11-14)28-13/h5,7,10,13-14,16-17,28H,4,6,8-9,11H2,1-3H3/t13-,14+,16+,17+,24+/m1/s1. The van der Waals surface area contributed by atoms with Gasteiger partial charge in [-0.2, -0.15) is 0 Å². The van der Waals surface area contributed by atoms with Gasteiger partial charge in [-0.25, -0.2) is 9.97 Å². The van der Waals surface area contributed by atoms with E-state index >= 15 is 0 Å². The largest absolute Gasteiger partial charge is 0.338 e. The van der Waals surface area contributed by atoms with E-state index in [9.17, 15) is 4.79 Å². The van der Waals surface area contributed by atoms with Crippen molar-refractivity contribution in [2.45, 2.75) is 75.4 Å². The van der Waals surface area contributed by atoms with E-state index in [2.05, 4.69) is 28.7 Å². The third kappa shape index (κ3) is 3.49. The average Bonchev–Trinajstić information content (AvgIpc) is 3.07. The maximum Gasteiger partial charge on any atom is 0.263 e. The second-order valence-electron chi connectivity index (χ2n) is 10.0. The van der Waals surface area contributed by atoms with Gasteiger partial charge in [-0.1, -0.05) is 11.6 Å². The lowest BCUT2D eigenvalue weighted by Gasteiger charge is -2.40. The quantitative estimate of drug-likeness (QED) is 0.511. The first kappa shape index (κ1) is 21.0. The predicted octanol–water partition coefficient (Wildman–Crippen LogP) is 5.73. The van der Waals surface area contributed by atoms with Crippen molar-refractivity contribution in [1.82, 2.24) is 20.2 Å². The molecule has 3 aromatic heterocycles. The summed E-state index contributed by atoms with van der Waals surface area (Å²) in [5, 5.41) is 7.70. The summed E-state index contributed by atoms with van der Waals surface area (Å²) in [5.74, 6) is 1.62. The van der Waals surface area contributed by atoms with Crippen molar-refractivity contribution in [3.63, 3.8) is 0 Å². The van der Waals surface area contributed by atoms with Crippen LogP contribution >= 0.6 is 34.3 Å². The monoisotopic (exact) mass is 486 g/mol. The van der Waals surface area contributed by atoms with Crippen molar-refractivity contribution in [2.75, 3.05) is 7.05 Å². The van der Waals surface area contributed by atoms with Crippen molar-refractivity contribution < 1.29 is 4.79 Å². The summed E-state index contributed by atoms with van der Waals surface area (Å²) >= 11 is 9.91. The molecule has 0 radical (unpaired) electrons. The Morgan fingerprint density at radius 1 is 1.31 bits per heavy atom. The van der Waals surface area contributed by atoms with E-state index in [0.29, 0.717) is 17.9 Å². The molecule has 2 bridgehead atoms. The number of piperidine rings is 1.